The van der Waals surface area contributed by atoms with Gasteiger partial charge in [0.25, 0.3) is 0 Å². The lowest BCUT2D eigenvalue weighted by atomic mass is 10.0. The van der Waals surface area contributed by atoms with Gasteiger partial charge in [-0.25, -0.2) is 0 Å². The molecule has 0 saturated carbocycles. The maximum absolute atomic E-state index is 4.57. The fourth-order valence-corrected chi connectivity index (χ4v) is 2.42. The number of likely N-dealkylation sites (N-methyl/N-ethyl adjacent to an activating group) is 1. The Balaban J connectivity index is 2.17. The zero-order valence-corrected chi connectivity index (χ0v) is 13.0. The van der Waals surface area contributed by atoms with E-state index in [1.54, 1.807) is 0 Å². The average molecular weight is 271 g/mol. The molecule has 1 N–H and O–H groups in total. The second-order valence-corrected chi connectivity index (χ2v) is 5.48. The van der Waals surface area contributed by atoms with Crippen LogP contribution in [-0.4, -0.2) is 22.9 Å². The first-order valence-corrected chi connectivity index (χ1v) is 7.44. The second-order valence-electron chi connectivity index (χ2n) is 5.48. The largest absolute Gasteiger partial charge is 0.317 e. The van der Waals surface area contributed by atoms with E-state index < -0.39 is 0 Å². The molecule has 0 spiro atoms. The first-order chi connectivity index (χ1) is 9.63. The number of nitrogens with zero attached hydrogens (tertiary/aromatic N) is 2. The highest BCUT2D eigenvalue weighted by Gasteiger charge is 2.07. The molecule has 1 aromatic carbocycles. The van der Waals surface area contributed by atoms with Gasteiger partial charge in [-0.1, -0.05) is 31.2 Å². The third kappa shape index (κ3) is 3.48. The Morgan fingerprint density at radius 2 is 1.95 bits per heavy atom. The number of aryl methyl sites for hydroxylation is 2. The summed E-state index contributed by atoms with van der Waals surface area (Å²) >= 11 is 0. The highest BCUT2D eigenvalue weighted by atomic mass is 15.3. The lowest BCUT2D eigenvalue weighted by Crippen LogP contribution is -2.23. The SMILES string of the molecule is CCCn1cc(-c2ccc(CC(C)NC)cc2)c(C)n1. The molecule has 1 atom stereocenters. The first-order valence-electron chi connectivity index (χ1n) is 7.44. The lowest BCUT2D eigenvalue weighted by molar-refractivity contribution is 0.598. The van der Waals surface area contributed by atoms with Gasteiger partial charge in [-0.2, -0.15) is 5.10 Å². The summed E-state index contributed by atoms with van der Waals surface area (Å²) in [5.74, 6) is 0. The Morgan fingerprint density at radius 3 is 2.55 bits per heavy atom. The van der Waals surface area contributed by atoms with Gasteiger partial charge >= 0.3 is 0 Å². The van der Waals surface area contributed by atoms with Crippen LogP contribution >= 0.6 is 0 Å². The molecular formula is C17H25N3. The third-order valence-electron chi connectivity index (χ3n) is 3.70. The van der Waals surface area contributed by atoms with Crippen molar-refractivity contribution in [3.63, 3.8) is 0 Å². The number of benzene rings is 1. The van der Waals surface area contributed by atoms with Gasteiger partial charge in [0.2, 0.25) is 0 Å². The van der Waals surface area contributed by atoms with Crippen LogP contribution in [0.4, 0.5) is 0 Å². The Morgan fingerprint density at radius 1 is 1.25 bits per heavy atom. The normalized spacial score (nSPS) is 12.6. The van der Waals surface area contributed by atoms with Gasteiger partial charge in [0, 0.05) is 24.3 Å². The molecule has 3 nitrogen and oxygen atoms in total. The molecule has 1 aromatic heterocycles. The fourth-order valence-electron chi connectivity index (χ4n) is 2.42. The van der Waals surface area contributed by atoms with Crippen LogP contribution in [0.5, 0.6) is 0 Å². The zero-order valence-electron chi connectivity index (χ0n) is 13.0. The van der Waals surface area contributed by atoms with E-state index in [0.29, 0.717) is 6.04 Å². The van der Waals surface area contributed by atoms with Gasteiger partial charge in [-0.15, -0.1) is 0 Å². The predicted octanol–water partition coefficient (Wildman–Crippen LogP) is 3.42. The summed E-state index contributed by atoms with van der Waals surface area (Å²) in [6.07, 6.45) is 4.33. The highest BCUT2D eigenvalue weighted by Crippen LogP contribution is 2.23. The van der Waals surface area contributed by atoms with Crippen molar-refractivity contribution in [2.45, 2.75) is 46.2 Å². The molecule has 0 saturated heterocycles. The minimum atomic E-state index is 0.509. The van der Waals surface area contributed by atoms with Crippen LogP contribution in [0.3, 0.4) is 0 Å². The van der Waals surface area contributed by atoms with Gasteiger partial charge in [-0.3, -0.25) is 4.68 Å². The molecule has 2 aromatic rings. The lowest BCUT2D eigenvalue weighted by Gasteiger charge is -2.10. The number of hydrogen-bond donors (Lipinski definition) is 1. The zero-order chi connectivity index (χ0) is 14.5. The van der Waals surface area contributed by atoms with Crippen LogP contribution in [-0.2, 0) is 13.0 Å². The quantitative estimate of drug-likeness (QED) is 0.872. The van der Waals surface area contributed by atoms with Crippen LogP contribution < -0.4 is 5.32 Å². The summed E-state index contributed by atoms with van der Waals surface area (Å²) < 4.78 is 2.04. The number of aromatic nitrogens is 2. The average Bonchev–Trinajstić information content (AvgIpc) is 2.81. The van der Waals surface area contributed by atoms with Crippen LogP contribution in [0, 0.1) is 6.92 Å². The van der Waals surface area contributed by atoms with Gasteiger partial charge in [0.05, 0.1) is 5.69 Å². The molecule has 2 rings (SSSR count). The summed E-state index contributed by atoms with van der Waals surface area (Å²) in [7, 11) is 2.00. The van der Waals surface area contributed by atoms with Crippen LogP contribution in [0.1, 0.15) is 31.5 Å². The van der Waals surface area contributed by atoms with E-state index in [1.807, 2.05) is 11.7 Å². The first kappa shape index (κ1) is 14.8. The summed E-state index contributed by atoms with van der Waals surface area (Å²) in [5.41, 5.74) is 4.97. The molecule has 0 bridgehead atoms. The third-order valence-corrected chi connectivity index (χ3v) is 3.70. The highest BCUT2D eigenvalue weighted by molar-refractivity contribution is 5.65. The summed E-state index contributed by atoms with van der Waals surface area (Å²) in [6, 6.07) is 9.37. The van der Waals surface area contributed by atoms with Crippen LogP contribution in [0.2, 0.25) is 0 Å². The van der Waals surface area contributed by atoms with Crippen molar-refractivity contribution in [3.05, 3.63) is 41.7 Å². The van der Waals surface area contributed by atoms with Crippen molar-refractivity contribution >= 4 is 0 Å². The standard InChI is InChI=1S/C17H25N3/c1-5-10-20-12-17(14(3)19-20)16-8-6-15(7-9-16)11-13(2)18-4/h6-9,12-13,18H,5,10-11H2,1-4H3. The van der Waals surface area contributed by atoms with E-state index in [1.165, 1.54) is 16.7 Å². The Kier molecular flexibility index (Phi) is 4.96. The predicted molar refractivity (Wildman–Crippen MR) is 84.9 cm³/mol. The van der Waals surface area contributed by atoms with E-state index in [4.69, 9.17) is 0 Å². The molecule has 0 fully saturated rings. The molecule has 1 unspecified atom stereocenters. The Hall–Kier alpha value is -1.61. The second kappa shape index (κ2) is 6.71. The van der Waals surface area contributed by atoms with E-state index in [-0.39, 0.29) is 0 Å². The van der Waals surface area contributed by atoms with Gasteiger partial charge in [0.1, 0.15) is 0 Å². The van der Waals surface area contributed by atoms with Crippen molar-refractivity contribution in [3.8, 4) is 11.1 Å². The molecule has 3 heteroatoms. The molecule has 0 radical (unpaired) electrons. The Bertz CT molecular complexity index is 540. The van der Waals surface area contributed by atoms with Crippen molar-refractivity contribution in [2.75, 3.05) is 7.05 Å². The molecular weight excluding hydrogens is 246 g/mol. The van der Waals surface area contributed by atoms with Gasteiger partial charge in [-0.05, 0) is 44.9 Å². The summed E-state index contributed by atoms with van der Waals surface area (Å²) in [4.78, 5) is 0. The van der Waals surface area contributed by atoms with E-state index in [2.05, 4.69) is 61.6 Å². The molecule has 1 heterocycles. The summed E-state index contributed by atoms with van der Waals surface area (Å²) in [5, 5.41) is 7.84. The van der Waals surface area contributed by atoms with Crippen molar-refractivity contribution in [1.29, 1.82) is 0 Å². The fraction of sp³-hybridized carbons (Fsp3) is 0.471. The Labute approximate surface area is 122 Å². The van der Waals surface area contributed by atoms with E-state index in [0.717, 1.165) is 25.1 Å². The maximum Gasteiger partial charge on any atom is 0.0672 e. The van der Waals surface area contributed by atoms with Gasteiger partial charge in [0.15, 0.2) is 0 Å². The number of hydrogen-bond acceptors (Lipinski definition) is 2. The van der Waals surface area contributed by atoms with E-state index in [9.17, 15) is 0 Å². The monoisotopic (exact) mass is 271 g/mol. The van der Waals surface area contributed by atoms with Crippen molar-refractivity contribution in [2.24, 2.45) is 0 Å². The van der Waals surface area contributed by atoms with Gasteiger partial charge < -0.3 is 5.32 Å². The molecule has 0 aliphatic heterocycles. The van der Waals surface area contributed by atoms with Crippen molar-refractivity contribution in [1.82, 2.24) is 15.1 Å². The van der Waals surface area contributed by atoms with Crippen LogP contribution in [0.15, 0.2) is 30.5 Å². The molecule has 0 amide bonds. The number of rotatable bonds is 6. The molecule has 0 aliphatic carbocycles. The molecule has 108 valence electrons. The smallest absolute Gasteiger partial charge is 0.0672 e. The number of nitrogens with one attached hydrogen (secondary N) is 1. The molecule has 20 heavy (non-hydrogen) atoms. The summed E-state index contributed by atoms with van der Waals surface area (Å²) in [6.45, 7) is 7.44. The molecule has 0 aliphatic rings. The van der Waals surface area contributed by atoms with Crippen molar-refractivity contribution < 1.29 is 0 Å². The van der Waals surface area contributed by atoms with E-state index >= 15 is 0 Å². The minimum absolute atomic E-state index is 0.509. The topological polar surface area (TPSA) is 29.9 Å². The van der Waals surface area contributed by atoms with Crippen LogP contribution in [0.25, 0.3) is 11.1 Å². The maximum atomic E-state index is 4.57. The minimum Gasteiger partial charge on any atom is -0.317 e.